The summed E-state index contributed by atoms with van der Waals surface area (Å²) in [6.45, 7) is 4.54. The second kappa shape index (κ2) is 19.0. The summed E-state index contributed by atoms with van der Waals surface area (Å²) in [5, 5.41) is 8.92. The lowest BCUT2D eigenvalue weighted by Gasteiger charge is -2.18. The Labute approximate surface area is 289 Å². The van der Waals surface area contributed by atoms with Gasteiger partial charge < -0.3 is 14.8 Å². The maximum absolute atomic E-state index is 13.3. The quantitative estimate of drug-likeness (QED) is 0.0386. The number of ketones is 2. The van der Waals surface area contributed by atoms with Crippen LogP contribution in [-0.2, 0) is 28.7 Å². The summed E-state index contributed by atoms with van der Waals surface area (Å²) in [6.07, 6.45) is 12.3. The molecule has 262 valence electrons. The molecule has 1 atom stereocenters. The van der Waals surface area contributed by atoms with E-state index >= 15 is 0 Å². The molecular formula is C41H51NO7. The zero-order valence-corrected chi connectivity index (χ0v) is 29.3. The Morgan fingerprint density at radius 3 is 1.78 bits per heavy atom. The third kappa shape index (κ3) is 10.8. The lowest BCUT2D eigenvalue weighted by Crippen LogP contribution is -2.32. The SMILES string of the molecule is CCCCCCCCCCCCC(COC(=O)CNC(=O)c1ccc2ccc3cccc4ccc1c2c34)COC(=O)CC(C(C)=O)C(C)=O. The van der Waals surface area contributed by atoms with Crippen molar-refractivity contribution in [3.8, 4) is 0 Å². The molecule has 0 fully saturated rings. The molecule has 4 rings (SSSR count). The fraction of sp³-hybridized carbons (Fsp3) is 0.488. The van der Waals surface area contributed by atoms with Gasteiger partial charge in [0, 0.05) is 11.5 Å². The molecule has 1 amide bonds. The first-order valence-corrected chi connectivity index (χ1v) is 18.0. The second-order valence-corrected chi connectivity index (χ2v) is 13.3. The third-order valence-electron chi connectivity index (χ3n) is 9.44. The van der Waals surface area contributed by atoms with Gasteiger partial charge in [-0.1, -0.05) is 120 Å². The monoisotopic (exact) mass is 669 g/mol. The summed E-state index contributed by atoms with van der Waals surface area (Å²) >= 11 is 0. The highest BCUT2D eigenvalue weighted by Crippen LogP contribution is 2.35. The molecule has 49 heavy (non-hydrogen) atoms. The van der Waals surface area contributed by atoms with Gasteiger partial charge in [-0.3, -0.25) is 24.0 Å². The lowest BCUT2D eigenvalue weighted by molar-refractivity contribution is -0.152. The Morgan fingerprint density at radius 1 is 0.633 bits per heavy atom. The van der Waals surface area contributed by atoms with Crippen LogP contribution in [-0.4, -0.2) is 49.2 Å². The van der Waals surface area contributed by atoms with E-state index in [0.29, 0.717) is 12.0 Å². The Balaban J connectivity index is 1.29. The molecule has 0 saturated heterocycles. The topological polar surface area (TPSA) is 116 Å². The average Bonchev–Trinajstić information content (AvgIpc) is 3.09. The van der Waals surface area contributed by atoms with Gasteiger partial charge in [-0.2, -0.15) is 0 Å². The minimum atomic E-state index is -1.01. The molecule has 0 aliphatic heterocycles. The van der Waals surface area contributed by atoms with E-state index in [0.717, 1.165) is 51.6 Å². The Hall–Kier alpha value is -4.33. The van der Waals surface area contributed by atoms with Crippen molar-refractivity contribution in [1.82, 2.24) is 5.32 Å². The van der Waals surface area contributed by atoms with Gasteiger partial charge in [0.2, 0.25) is 0 Å². The number of Topliss-reactive ketones (excluding diaryl/α,β-unsaturated/α-hetero) is 2. The number of hydrogen-bond donors (Lipinski definition) is 1. The number of esters is 2. The minimum absolute atomic E-state index is 0.0150. The van der Waals surface area contributed by atoms with Crippen molar-refractivity contribution in [3.05, 3.63) is 60.2 Å². The number of carbonyl (C=O) groups is 5. The number of hydrogen-bond acceptors (Lipinski definition) is 7. The smallest absolute Gasteiger partial charge is 0.325 e. The molecule has 1 unspecified atom stereocenters. The standard InChI is InChI=1S/C41H51NO7/c1-4-5-6-7-8-9-10-11-12-13-15-30(26-48-37(45)24-36(28(2)43)29(3)44)27-49-38(46)25-42-41(47)35-23-21-33-19-18-31-16-14-17-32-20-22-34(35)40(33)39(31)32/h14,16-23,30,36H,4-13,15,24-27H2,1-3H3,(H,42,47). The molecule has 0 spiro atoms. The van der Waals surface area contributed by atoms with E-state index in [-0.39, 0.29) is 49.6 Å². The van der Waals surface area contributed by atoms with Gasteiger partial charge in [0.15, 0.2) is 0 Å². The van der Waals surface area contributed by atoms with Crippen molar-refractivity contribution in [3.63, 3.8) is 0 Å². The van der Waals surface area contributed by atoms with Crippen LogP contribution in [0.5, 0.6) is 0 Å². The van der Waals surface area contributed by atoms with E-state index in [1.165, 1.54) is 58.8 Å². The maximum Gasteiger partial charge on any atom is 0.325 e. The number of carbonyl (C=O) groups excluding carboxylic acids is 5. The first-order valence-electron chi connectivity index (χ1n) is 18.0. The van der Waals surface area contributed by atoms with Crippen molar-refractivity contribution in [1.29, 1.82) is 0 Å². The van der Waals surface area contributed by atoms with E-state index in [1.54, 1.807) is 6.07 Å². The highest BCUT2D eigenvalue weighted by atomic mass is 16.5. The molecule has 4 aromatic rings. The molecule has 4 aromatic carbocycles. The Morgan fingerprint density at radius 2 is 1.16 bits per heavy atom. The number of benzene rings is 4. The fourth-order valence-corrected chi connectivity index (χ4v) is 6.59. The van der Waals surface area contributed by atoms with Gasteiger partial charge in [-0.05, 0) is 58.7 Å². The van der Waals surface area contributed by atoms with Crippen LogP contribution < -0.4 is 5.32 Å². The molecule has 0 aliphatic rings. The Bertz CT molecular complexity index is 1700. The molecule has 0 bridgehead atoms. The third-order valence-corrected chi connectivity index (χ3v) is 9.44. The molecule has 0 saturated carbocycles. The lowest BCUT2D eigenvalue weighted by atomic mass is 9.92. The Kier molecular flexibility index (Phi) is 14.5. The summed E-state index contributed by atoms with van der Waals surface area (Å²) in [5.74, 6) is -3.58. The normalized spacial score (nSPS) is 12.1. The zero-order valence-electron chi connectivity index (χ0n) is 29.3. The van der Waals surface area contributed by atoms with E-state index in [1.807, 2.05) is 24.3 Å². The van der Waals surface area contributed by atoms with Crippen LogP contribution in [0.25, 0.3) is 32.3 Å². The number of unbranched alkanes of at least 4 members (excludes halogenated alkanes) is 9. The number of ether oxygens (including phenoxy) is 2. The van der Waals surface area contributed by atoms with Crippen molar-refractivity contribution < 1.29 is 33.4 Å². The van der Waals surface area contributed by atoms with Crippen molar-refractivity contribution >= 4 is 61.7 Å². The molecule has 0 radical (unpaired) electrons. The van der Waals surface area contributed by atoms with Gasteiger partial charge in [0.1, 0.15) is 18.1 Å². The van der Waals surface area contributed by atoms with E-state index in [2.05, 4.69) is 36.5 Å². The predicted molar refractivity (Wildman–Crippen MR) is 194 cm³/mol. The van der Waals surface area contributed by atoms with E-state index in [9.17, 15) is 24.0 Å². The number of nitrogens with one attached hydrogen (secondary N) is 1. The average molecular weight is 670 g/mol. The summed E-state index contributed by atoms with van der Waals surface area (Å²) in [4.78, 5) is 62.1. The van der Waals surface area contributed by atoms with E-state index in [4.69, 9.17) is 9.47 Å². The van der Waals surface area contributed by atoms with Gasteiger partial charge in [-0.25, -0.2) is 0 Å². The molecule has 0 heterocycles. The van der Waals surface area contributed by atoms with Crippen LogP contribution in [0.4, 0.5) is 0 Å². The largest absolute Gasteiger partial charge is 0.465 e. The van der Waals surface area contributed by atoms with Crippen LogP contribution in [0.1, 0.15) is 108 Å². The molecule has 0 aromatic heterocycles. The molecule has 8 nitrogen and oxygen atoms in total. The predicted octanol–water partition coefficient (Wildman–Crippen LogP) is 8.51. The van der Waals surface area contributed by atoms with Gasteiger partial charge in [0.25, 0.3) is 5.91 Å². The highest BCUT2D eigenvalue weighted by molar-refractivity contribution is 6.26. The van der Waals surface area contributed by atoms with Crippen LogP contribution in [0.15, 0.2) is 54.6 Å². The summed E-state index contributed by atoms with van der Waals surface area (Å²) in [7, 11) is 0. The van der Waals surface area contributed by atoms with Crippen LogP contribution in [0.3, 0.4) is 0 Å². The number of rotatable bonds is 22. The molecular weight excluding hydrogens is 618 g/mol. The fourth-order valence-electron chi connectivity index (χ4n) is 6.59. The van der Waals surface area contributed by atoms with Gasteiger partial charge in [0.05, 0.1) is 25.6 Å². The second-order valence-electron chi connectivity index (χ2n) is 13.3. The summed E-state index contributed by atoms with van der Waals surface area (Å²) in [6, 6.07) is 17.9. The zero-order chi connectivity index (χ0) is 35.2. The van der Waals surface area contributed by atoms with Crippen LogP contribution in [0, 0.1) is 11.8 Å². The summed E-state index contributed by atoms with van der Waals surface area (Å²) in [5.41, 5.74) is 0.485. The molecule has 8 heteroatoms. The minimum Gasteiger partial charge on any atom is -0.465 e. The molecule has 0 aliphatic carbocycles. The van der Waals surface area contributed by atoms with E-state index < -0.39 is 17.9 Å². The first kappa shape index (κ1) is 37.5. The van der Waals surface area contributed by atoms with Crippen LogP contribution in [0.2, 0.25) is 0 Å². The van der Waals surface area contributed by atoms with Crippen LogP contribution >= 0.6 is 0 Å². The van der Waals surface area contributed by atoms with Crippen molar-refractivity contribution in [2.75, 3.05) is 19.8 Å². The first-order chi connectivity index (χ1) is 23.7. The van der Waals surface area contributed by atoms with Gasteiger partial charge >= 0.3 is 11.9 Å². The number of amides is 1. The summed E-state index contributed by atoms with van der Waals surface area (Å²) < 4.78 is 11.0. The molecule has 1 N–H and O–H groups in total. The maximum atomic E-state index is 13.3. The van der Waals surface area contributed by atoms with Crippen molar-refractivity contribution in [2.24, 2.45) is 11.8 Å². The highest BCUT2D eigenvalue weighted by Gasteiger charge is 2.25. The van der Waals surface area contributed by atoms with Gasteiger partial charge in [-0.15, -0.1) is 0 Å². The van der Waals surface area contributed by atoms with Crippen molar-refractivity contribution in [2.45, 2.75) is 97.8 Å².